The van der Waals surface area contributed by atoms with Gasteiger partial charge in [-0.15, -0.1) is 0 Å². The van der Waals surface area contributed by atoms with Crippen LogP contribution in [0.5, 0.6) is 5.75 Å². The summed E-state index contributed by atoms with van der Waals surface area (Å²) in [6.07, 6.45) is 4.51. The quantitative estimate of drug-likeness (QED) is 0.495. The van der Waals surface area contributed by atoms with Gasteiger partial charge in [-0.05, 0) is 50.8 Å². The predicted molar refractivity (Wildman–Crippen MR) is 139 cm³/mol. The van der Waals surface area contributed by atoms with Crippen LogP contribution < -0.4 is 19.9 Å². The molecule has 0 bridgehead atoms. The number of aromatic nitrogens is 2. The van der Waals surface area contributed by atoms with Crippen molar-refractivity contribution >= 4 is 35.4 Å². The summed E-state index contributed by atoms with van der Waals surface area (Å²) in [4.78, 5) is 51.2. The van der Waals surface area contributed by atoms with E-state index in [0.29, 0.717) is 62.3 Å². The molecule has 2 saturated heterocycles. The second kappa shape index (κ2) is 11.9. The number of aliphatic carboxylic acids is 1. The Bertz CT molecular complexity index is 1110. The molecule has 0 saturated carbocycles. The zero-order valence-electron chi connectivity index (χ0n) is 21.4. The molecule has 1 unspecified atom stereocenters. The fourth-order valence-corrected chi connectivity index (χ4v) is 4.59. The number of ether oxygens (including phenoxy) is 1. The van der Waals surface area contributed by atoms with Gasteiger partial charge in [0.25, 0.3) is 0 Å². The Morgan fingerprint density at radius 3 is 2.41 bits per heavy atom. The highest BCUT2D eigenvalue weighted by atomic mass is 16.6. The molecule has 4 rings (SSSR count). The zero-order valence-corrected chi connectivity index (χ0v) is 21.4. The van der Waals surface area contributed by atoms with Gasteiger partial charge in [0.05, 0.1) is 6.20 Å². The van der Waals surface area contributed by atoms with Gasteiger partial charge >= 0.3 is 12.1 Å². The number of nitrogens with one attached hydrogen (secondary N) is 1. The summed E-state index contributed by atoms with van der Waals surface area (Å²) in [6, 6.07) is 5.82. The van der Waals surface area contributed by atoms with E-state index in [1.54, 1.807) is 40.3 Å². The van der Waals surface area contributed by atoms with Crippen LogP contribution >= 0.6 is 0 Å². The number of likely N-dealkylation sites (tertiary alicyclic amines) is 1. The van der Waals surface area contributed by atoms with Crippen molar-refractivity contribution in [1.29, 1.82) is 0 Å². The van der Waals surface area contributed by atoms with E-state index in [2.05, 4.69) is 15.3 Å². The Morgan fingerprint density at radius 1 is 1.11 bits per heavy atom. The minimum atomic E-state index is -1.05. The molecule has 1 atom stereocenters. The molecule has 11 heteroatoms. The molecule has 2 N–H and O–H groups in total. The normalized spacial score (nSPS) is 16.1. The predicted octanol–water partition coefficient (Wildman–Crippen LogP) is 3.15. The first kappa shape index (κ1) is 26.2. The van der Waals surface area contributed by atoms with Crippen LogP contribution in [0.1, 0.15) is 45.1 Å². The number of rotatable bonds is 10. The van der Waals surface area contributed by atoms with Crippen molar-refractivity contribution in [2.45, 2.75) is 52.0 Å². The van der Waals surface area contributed by atoms with Gasteiger partial charge in [-0.25, -0.2) is 14.6 Å². The van der Waals surface area contributed by atoms with Gasteiger partial charge in [0, 0.05) is 45.6 Å². The van der Waals surface area contributed by atoms with Gasteiger partial charge in [0.15, 0.2) is 5.82 Å². The first-order chi connectivity index (χ1) is 17.9. The van der Waals surface area contributed by atoms with Gasteiger partial charge in [-0.1, -0.05) is 12.1 Å². The van der Waals surface area contributed by atoms with Gasteiger partial charge in [-0.2, -0.15) is 4.98 Å². The van der Waals surface area contributed by atoms with Gasteiger partial charge in [0.2, 0.25) is 11.9 Å². The topological polar surface area (TPSA) is 128 Å². The Labute approximate surface area is 216 Å². The molecule has 2 amide bonds. The molecule has 1 aromatic heterocycles. The van der Waals surface area contributed by atoms with Crippen molar-refractivity contribution in [3.8, 4) is 5.75 Å². The van der Waals surface area contributed by atoms with Crippen molar-refractivity contribution < 1.29 is 24.2 Å². The maximum absolute atomic E-state index is 12.4. The molecule has 0 radical (unpaired) electrons. The lowest BCUT2D eigenvalue weighted by Crippen LogP contribution is -2.34. The third-order valence-electron chi connectivity index (χ3n) is 6.71. The summed E-state index contributed by atoms with van der Waals surface area (Å²) in [6.45, 7) is 7.30. The van der Waals surface area contributed by atoms with Crippen LogP contribution in [0.25, 0.3) is 0 Å². The zero-order chi connectivity index (χ0) is 26.4. The lowest BCUT2D eigenvalue weighted by Gasteiger charge is -2.25. The van der Waals surface area contributed by atoms with Crippen LogP contribution in [0, 0.1) is 0 Å². The average Bonchev–Trinajstić information content (AvgIpc) is 3.58. The van der Waals surface area contributed by atoms with Gasteiger partial charge in [-0.3, -0.25) is 4.79 Å². The minimum Gasteiger partial charge on any atom is -0.480 e. The molecule has 1 aromatic carbocycles. The largest absolute Gasteiger partial charge is 0.480 e. The highest BCUT2D eigenvalue weighted by molar-refractivity contribution is 5.98. The molecule has 37 heavy (non-hydrogen) atoms. The number of hydrogen-bond acceptors (Lipinski definition) is 8. The van der Waals surface area contributed by atoms with Crippen molar-refractivity contribution in [3.63, 3.8) is 0 Å². The lowest BCUT2D eigenvalue weighted by molar-refractivity contribution is -0.137. The van der Waals surface area contributed by atoms with Crippen molar-refractivity contribution in [2.24, 2.45) is 0 Å². The SMILES string of the molecule is CCN(CC)c1ncc(N2CCCC2=O)c(NC(Cc2ccc(OC(=O)N3CCCC3)cc2)C(=O)O)n1. The Morgan fingerprint density at radius 2 is 1.81 bits per heavy atom. The van der Waals surface area contributed by atoms with Crippen molar-refractivity contribution in [3.05, 3.63) is 36.0 Å². The maximum atomic E-state index is 12.4. The van der Waals surface area contributed by atoms with E-state index in [1.165, 1.54) is 0 Å². The third-order valence-corrected chi connectivity index (χ3v) is 6.71. The molecule has 198 valence electrons. The molecule has 2 aromatic rings. The molecule has 2 aliphatic rings. The van der Waals surface area contributed by atoms with E-state index < -0.39 is 12.0 Å². The summed E-state index contributed by atoms with van der Waals surface area (Å²) in [7, 11) is 0. The number of carboxylic acid groups (broad SMARTS) is 1. The summed E-state index contributed by atoms with van der Waals surface area (Å²) < 4.78 is 5.44. The fraction of sp³-hybridized carbons (Fsp3) is 0.500. The minimum absolute atomic E-state index is 0.0341. The second-order valence-corrected chi connectivity index (χ2v) is 9.17. The Kier molecular flexibility index (Phi) is 8.42. The Hall–Kier alpha value is -3.89. The molecule has 11 nitrogen and oxygen atoms in total. The number of benzene rings is 1. The van der Waals surface area contributed by atoms with Crippen molar-refractivity contribution in [1.82, 2.24) is 14.9 Å². The van der Waals surface area contributed by atoms with Crippen LogP contribution in [0.3, 0.4) is 0 Å². The number of carboxylic acids is 1. The van der Waals surface area contributed by atoms with Crippen LogP contribution in [-0.2, 0) is 16.0 Å². The molecular formula is C26H34N6O5. The van der Waals surface area contributed by atoms with Crippen LogP contribution in [0.4, 0.5) is 22.2 Å². The van der Waals surface area contributed by atoms with E-state index in [-0.39, 0.29) is 18.4 Å². The third kappa shape index (κ3) is 6.28. The van der Waals surface area contributed by atoms with E-state index in [4.69, 9.17) is 4.74 Å². The van der Waals surface area contributed by atoms with E-state index >= 15 is 0 Å². The van der Waals surface area contributed by atoms with E-state index in [9.17, 15) is 19.5 Å². The summed E-state index contributed by atoms with van der Waals surface area (Å²) in [5, 5.41) is 13.1. The number of amides is 2. The summed E-state index contributed by atoms with van der Waals surface area (Å²) in [5.74, 6) is 0.112. The average molecular weight is 511 g/mol. The highest BCUT2D eigenvalue weighted by Crippen LogP contribution is 2.30. The molecule has 0 spiro atoms. The number of hydrogen-bond donors (Lipinski definition) is 2. The molecule has 2 fully saturated rings. The van der Waals surface area contributed by atoms with Gasteiger partial charge in [0.1, 0.15) is 17.5 Å². The van der Waals surface area contributed by atoms with Crippen LogP contribution in [0.15, 0.2) is 30.5 Å². The number of nitrogens with zero attached hydrogens (tertiary/aromatic N) is 5. The summed E-state index contributed by atoms with van der Waals surface area (Å²) >= 11 is 0. The van der Waals surface area contributed by atoms with Crippen molar-refractivity contribution in [2.75, 3.05) is 47.8 Å². The fourth-order valence-electron chi connectivity index (χ4n) is 4.59. The Balaban J connectivity index is 1.52. The number of carbonyl (C=O) groups is 3. The van der Waals surface area contributed by atoms with Crippen LogP contribution in [0.2, 0.25) is 0 Å². The smallest absolute Gasteiger partial charge is 0.415 e. The maximum Gasteiger partial charge on any atom is 0.415 e. The van der Waals surface area contributed by atoms with Crippen LogP contribution in [-0.4, -0.2) is 76.7 Å². The second-order valence-electron chi connectivity index (χ2n) is 9.17. The first-order valence-corrected chi connectivity index (χ1v) is 12.9. The van der Waals surface area contributed by atoms with E-state index in [1.807, 2.05) is 18.7 Å². The van der Waals surface area contributed by atoms with Gasteiger partial charge < -0.3 is 29.9 Å². The number of carbonyl (C=O) groups excluding carboxylic acids is 2. The first-order valence-electron chi connectivity index (χ1n) is 12.9. The molecule has 0 aliphatic carbocycles. The summed E-state index contributed by atoms with van der Waals surface area (Å²) in [5.41, 5.74) is 1.23. The highest BCUT2D eigenvalue weighted by Gasteiger charge is 2.28. The molecule has 2 aliphatic heterocycles. The molecular weight excluding hydrogens is 476 g/mol. The number of anilines is 3. The standard InChI is InChI=1S/C26H34N6O5/c1-3-30(4-2)25-27-17-21(32-15-7-8-22(32)33)23(29-25)28-20(24(34)35)16-18-9-11-19(12-10-18)37-26(36)31-13-5-6-14-31/h9-12,17,20H,3-8,13-16H2,1-2H3,(H,34,35)(H,27,28,29). The van der Waals surface area contributed by atoms with E-state index in [0.717, 1.165) is 24.8 Å². The monoisotopic (exact) mass is 510 g/mol. The lowest BCUT2D eigenvalue weighted by atomic mass is 10.1. The molecule has 3 heterocycles.